The van der Waals surface area contributed by atoms with Gasteiger partial charge in [-0.15, -0.1) is 0 Å². The Labute approximate surface area is 247 Å². The number of aromatic hydroxyl groups is 1. The first-order valence-corrected chi connectivity index (χ1v) is 15.0. The number of benzene rings is 2. The molecular formula is C33H42N4O5. The molecule has 0 saturated carbocycles. The van der Waals surface area contributed by atoms with E-state index in [0.29, 0.717) is 71.2 Å². The highest BCUT2D eigenvalue weighted by Crippen LogP contribution is 2.36. The zero-order valence-electron chi connectivity index (χ0n) is 24.0. The Morgan fingerprint density at radius 1 is 1.02 bits per heavy atom. The normalized spacial score (nSPS) is 26.1. The van der Waals surface area contributed by atoms with E-state index in [1.165, 1.54) is 0 Å². The third kappa shape index (κ3) is 7.20. The number of hydrogen-bond donors (Lipinski definition) is 4. The summed E-state index contributed by atoms with van der Waals surface area (Å²) in [6.07, 6.45) is 8.05. The molecule has 2 fully saturated rings. The largest absolute Gasteiger partial charge is 0.508 e. The van der Waals surface area contributed by atoms with Crippen molar-refractivity contribution in [2.24, 2.45) is 17.1 Å². The molecule has 5 rings (SSSR count). The lowest BCUT2D eigenvalue weighted by atomic mass is 9.75. The first kappa shape index (κ1) is 29.8. The van der Waals surface area contributed by atoms with E-state index >= 15 is 0 Å². The number of rotatable bonds is 5. The predicted molar refractivity (Wildman–Crippen MR) is 159 cm³/mol. The second-order valence-electron chi connectivity index (χ2n) is 11.9. The van der Waals surface area contributed by atoms with Crippen molar-refractivity contribution in [1.29, 1.82) is 0 Å². The van der Waals surface area contributed by atoms with E-state index in [1.807, 2.05) is 35.2 Å². The molecule has 0 bridgehead atoms. The number of phenolic OH excluding ortho intramolecular Hbond substituents is 1. The van der Waals surface area contributed by atoms with Gasteiger partial charge in [-0.05, 0) is 61.8 Å². The van der Waals surface area contributed by atoms with Gasteiger partial charge in [0.1, 0.15) is 11.8 Å². The van der Waals surface area contributed by atoms with Crippen molar-refractivity contribution in [2.45, 2.75) is 63.1 Å². The number of carbonyl (C=O) groups excluding carboxylic acids is 3. The average molecular weight is 575 g/mol. The fourth-order valence-corrected chi connectivity index (χ4v) is 6.39. The molecule has 2 saturated heterocycles. The highest BCUT2D eigenvalue weighted by Gasteiger charge is 2.42. The number of phenols is 1. The Morgan fingerprint density at radius 2 is 1.76 bits per heavy atom. The highest BCUT2D eigenvalue weighted by molar-refractivity contribution is 5.90. The summed E-state index contributed by atoms with van der Waals surface area (Å²) in [6.45, 7) is 2.02. The van der Waals surface area contributed by atoms with Crippen LogP contribution in [0.5, 0.6) is 5.75 Å². The van der Waals surface area contributed by atoms with E-state index in [0.717, 1.165) is 11.1 Å². The van der Waals surface area contributed by atoms with Crippen LogP contribution in [0.25, 0.3) is 0 Å². The number of nitrogens with two attached hydrogens (primary N) is 1. The Morgan fingerprint density at radius 3 is 2.50 bits per heavy atom. The highest BCUT2D eigenvalue weighted by atomic mass is 16.5. The van der Waals surface area contributed by atoms with Crippen LogP contribution in [0.2, 0.25) is 0 Å². The van der Waals surface area contributed by atoms with Crippen molar-refractivity contribution >= 4 is 17.7 Å². The third-order valence-corrected chi connectivity index (χ3v) is 9.03. The molecule has 9 heteroatoms. The lowest BCUT2D eigenvalue weighted by molar-refractivity contribution is -0.140. The minimum Gasteiger partial charge on any atom is -0.508 e. The van der Waals surface area contributed by atoms with Crippen LogP contribution >= 0.6 is 0 Å². The van der Waals surface area contributed by atoms with E-state index in [4.69, 9.17) is 10.5 Å². The molecule has 4 atom stereocenters. The predicted octanol–water partition coefficient (Wildman–Crippen LogP) is 2.47. The van der Waals surface area contributed by atoms with E-state index in [-0.39, 0.29) is 35.4 Å². The van der Waals surface area contributed by atoms with Crippen LogP contribution in [0.3, 0.4) is 0 Å². The zero-order valence-corrected chi connectivity index (χ0v) is 24.0. The van der Waals surface area contributed by atoms with Crippen molar-refractivity contribution in [3.05, 3.63) is 77.9 Å². The number of piperidine rings is 1. The number of allylic oxidation sites excluding steroid dienone is 2. The molecule has 2 aromatic rings. The van der Waals surface area contributed by atoms with Crippen LogP contribution in [0.1, 0.15) is 43.2 Å². The molecule has 3 aliphatic rings. The summed E-state index contributed by atoms with van der Waals surface area (Å²) >= 11 is 0. The van der Waals surface area contributed by atoms with Crippen molar-refractivity contribution in [2.75, 3.05) is 26.3 Å². The number of likely N-dealkylation sites (tertiary alicyclic amines) is 1. The van der Waals surface area contributed by atoms with Gasteiger partial charge in [0.05, 0.1) is 11.5 Å². The maximum absolute atomic E-state index is 13.8. The topological polar surface area (TPSA) is 134 Å². The van der Waals surface area contributed by atoms with E-state index < -0.39 is 17.5 Å². The monoisotopic (exact) mass is 574 g/mol. The van der Waals surface area contributed by atoms with Crippen LogP contribution in [0.4, 0.5) is 0 Å². The summed E-state index contributed by atoms with van der Waals surface area (Å²) in [7, 11) is 0. The van der Waals surface area contributed by atoms with E-state index in [1.54, 1.807) is 24.3 Å². The quantitative estimate of drug-likeness (QED) is 0.406. The molecule has 42 heavy (non-hydrogen) atoms. The lowest BCUT2D eigenvalue weighted by Crippen LogP contribution is -2.59. The maximum Gasteiger partial charge on any atom is 0.243 e. The molecule has 0 aromatic heterocycles. The molecule has 224 valence electrons. The molecule has 1 spiro atoms. The minimum atomic E-state index is -0.706. The van der Waals surface area contributed by atoms with Gasteiger partial charge in [-0.25, -0.2) is 0 Å². The molecular weight excluding hydrogens is 532 g/mol. The summed E-state index contributed by atoms with van der Waals surface area (Å²) in [5.74, 6) is -0.212. The number of nitrogens with zero attached hydrogens (tertiary/aromatic N) is 1. The van der Waals surface area contributed by atoms with Crippen LogP contribution < -0.4 is 16.4 Å². The second-order valence-corrected chi connectivity index (χ2v) is 11.9. The van der Waals surface area contributed by atoms with Gasteiger partial charge >= 0.3 is 0 Å². The van der Waals surface area contributed by atoms with Crippen LogP contribution in [-0.4, -0.2) is 72.2 Å². The van der Waals surface area contributed by atoms with Crippen molar-refractivity contribution in [1.82, 2.24) is 15.5 Å². The lowest BCUT2D eigenvalue weighted by Gasteiger charge is -2.41. The summed E-state index contributed by atoms with van der Waals surface area (Å²) in [5.41, 5.74) is 7.60. The molecule has 3 heterocycles. The molecule has 5 N–H and O–H groups in total. The minimum absolute atomic E-state index is 0.0157. The van der Waals surface area contributed by atoms with Gasteiger partial charge in [-0.1, -0.05) is 54.6 Å². The van der Waals surface area contributed by atoms with Gasteiger partial charge < -0.3 is 31.1 Å². The van der Waals surface area contributed by atoms with Crippen molar-refractivity contribution in [3.8, 4) is 5.75 Å². The molecule has 0 radical (unpaired) electrons. The third-order valence-electron chi connectivity index (χ3n) is 9.03. The Hall–Kier alpha value is -3.69. The van der Waals surface area contributed by atoms with Gasteiger partial charge in [0, 0.05) is 44.7 Å². The zero-order chi connectivity index (χ0) is 29.5. The molecule has 9 nitrogen and oxygen atoms in total. The fraction of sp³-hybridized carbons (Fsp3) is 0.485. The SMILES string of the molecule is N[C@@H](Cc1ccc(O)cc1)C(=O)N1CC[C@H]2NC(=O)[C@@H](Cc3ccccc3)NC(=O)C3(C/C=C/C[C@H]2C1)CCOCC3. The van der Waals surface area contributed by atoms with Crippen molar-refractivity contribution in [3.63, 3.8) is 0 Å². The van der Waals surface area contributed by atoms with Crippen molar-refractivity contribution < 1.29 is 24.2 Å². The van der Waals surface area contributed by atoms with Gasteiger partial charge in [-0.3, -0.25) is 14.4 Å². The summed E-state index contributed by atoms with van der Waals surface area (Å²) in [6, 6.07) is 14.9. The Kier molecular flexibility index (Phi) is 9.59. The standard InChI is InChI=1S/C33H42N4O5/c34-27(20-24-9-11-26(38)12-10-24)31(40)37-17-13-28-25(22-37)8-4-5-14-33(15-18-42-19-16-33)32(41)36-29(30(39)35-28)21-23-6-2-1-3-7-23/h1-7,9-12,25,27-29,38H,8,13-22,34H2,(H,35,39)(H,36,41)/b5-4+/t25-,27-,28+,29+/m0/s1. The van der Waals surface area contributed by atoms with Gasteiger partial charge in [0.2, 0.25) is 17.7 Å². The van der Waals surface area contributed by atoms with Gasteiger partial charge in [-0.2, -0.15) is 0 Å². The molecule has 3 aliphatic heterocycles. The number of carbonyl (C=O) groups is 3. The number of fused-ring (bicyclic) bond motifs is 1. The first-order valence-electron chi connectivity index (χ1n) is 15.0. The van der Waals surface area contributed by atoms with Crippen LogP contribution in [-0.2, 0) is 32.0 Å². The molecule has 0 aliphatic carbocycles. The number of amides is 3. The molecule has 3 amide bonds. The van der Waals surface area contributed by atoms with Gasteiger partial charge in [0.25, 0.3) is 0 Å². The van der Waals surface area contributed by atoms with Gasteiger partial charge in [0.15, 0.2) is 0 Å². The molecule has 0 unspecified atom stereocenters. The average Bonchev–Trinajstić information content (AvgIpc) is 3.00. The summed E-state index contributed by atoms with van der Waals surface area (Å²) < 4.78 is 5.59. The maximum atomic E-state index is 13.8. The van der Waals surface area contributed by atoms with E-state index in [2.05, 4.69) is 22.8 Å². The fourth-order valence-electron chi connectivity index (χ4n) is 6.39. The van der Waals surface area contributed by atoms with Crippen LogP contribution in [0.15, 0.2) is 66.7 Å². The summed E-state index contributed by atoms with van der Waals surface area (Å²) in [5, 5.41) is 15.9. The van der Waals surface area contributed by atoms with E-state index in [9.17, 15) is 19.5 Å². The first-order chi connectivity index (χ1) is 20.3. The number of ether oxygens (including phenoxy) is 1. The molecule has 2 aromatic carbocycles. The van der Waals surface area contributed by atoms with Crippen LogP contribution in [0, 0.1) is 11.3 Å². The Bertz CT molecular complexity index is 1260. The Balaban J connectivity index is 1.33. The smallest absolute Gasteiger partial charge is 0.243 e. The number of nitrogens with one attached hydrogen (secondary N) is 2. The second kappa shape index (κ2) is 13.5. The summed E-state index contributed by atoms with van der Waals surface area (Å²) in [4.78, 5) is 42.7. The number of hydrogen-bond acceptors (Lipinski definition) is 6.